The molecule has 0 saturated heterocycles. The van der Waals surface area contributed by atoms with Gasteiger partial charge in [-0.3, -0.25) is 9.48 Å². The first-order valence-corrected chi connectivity index (χ1v) is 12.4. The van der Waals surface area contributed by atoms with Crippen molar-refractivity contribution in [2.45, 2.75) is 33.4 Å². The van der Waals surface area contributed by atoms with Crippen LogP contribution in [0.5, 0.6) is 0 Å². The van der Waals surface area contributed by atoms with Crippen molar-refractivity contribution in [2.75, 3.05) is 5.32 Å². The molecule has 1 N–H and O–H groups in total. The highest BCUT2D eigenvalue weighted by Crippen LogP contribution is 2.33. The molecule has 2 aromatic carbocycles. The van der Waals surface area contributed by atoms with E-state index in [1.165, 1.54) is 10.7 Å². The van der Waals surface area contributed by atoms with Crippen molar-refractivity contribution in [1.82, 2.24) is 24.5 Å². The van der Waals surface area contributed by atoms with Crippen molar-refractivity contribution in [3.8, 4) is 11.3 Å². The van der Waals surface area contributed by atoms with Gasteiger partial charge in [-0.1, -0.05) is 59.6 Å². The summed E-state index contributed by atoms with van der Waals surface area (Å²) >= 11 is 12.1. The number of amides is 1. The molecule has 0 bridgehead atoms. The van der Waals surface area contributed by atoms with Gasteiger partial charge in [0.25, 0.3) is 6.43 Å². The minimum absolute atomic E-state index is 0.172. The third-order valence-corrected chi connectivity index (χ3v) is 6.81. The molecule has 3 heterocycles. The highest BCUT2D eigenvalue weighted by molar-refractivity contribution is 6.42. The Kier molecular flexibility index (Phi) is 7.14. The van der Waals surface area contributed by atoms with Crippen LogP contribution in [0.15, 0.2) is 60.7 Å². The minimum atomic E-state index is -2.73. The third-order valence-electron chi connectivity index (χ3n) is 6.07. The molecule has 0 spiro atoms. The summed E-state index contributed by atoms with van der Waals surface area (Å²) in [6.07, 6.45) is -2.73. The molecule has 3 aromatic heterocycles. The lowest BCUT2D eigenvalue weighted by atomic mass is 10.1. The topological polar surface area (TPSA) is 77.6 Å². The van der Waals surface area contributed by atoms with Gasteiger partial charge < -0.3 is 5.32 Å². The van der Waals surface area contributed by atoms with Crippen LogP contribution in [-0.4, -0.2) is 30.5 Å². The van der Waals surface area contributed by atoms with Gasteiger partial charge in [-0.05, 0) is 37.6 Å². The Morgan fingerprint density at radius 3 is 2.45 bits per heavy atom. The molecular formula is C27H22Cl2F2N6O. The van der Waals surface area contributed by atoms with Crippen LogP contribution >= 0.6 is 23.2 Å². The Morgan fingerprint density at radius 2 is 1.74 bits per heavy atom. The summed E-state index contributed by atoms with van der Waals surface area (Å²) in [7, 11) is 0. The molecule has 5 aromatic rings. The first kappa shape index (κ1) is 25.8. The van der Waals surface area contributed by atoms with Gasteiger partial charge >= 0.3 is 0 Å². The van der Waals surface area contributed by atoms with Crippen molar-refractivity contribution in [3.63, 3.8) is 0 Å². The van der Waals surface area contributed by atoms with E-state index in [0.717, 1.165) is 11.3 Å². The fourth-order valence-corrected chi connectivity index (χ4v) is 4.61. The lowest BCUT2D eigenvalue weighted by Gasteiger charge is -2.09. The molecule has 5 rings (SSSR count). The second kappa shape index (κ2) is 10.5. The molecule has 0 aliphatic heterocycles. The average Bonchev–Trinajstić information content (AvgIpc) is 3.39. The van der Waals surface area contributed by atoms with Crippen LogP contribution in [0.25, 0.3) is 22.3 Å². The fraction of sp³-hybridized carbons (Fsp3) is 0.185. The molecule has 38 heavy (non-hydrogen) atoms. The normalized spacial score (nSPS) is 11.4. The van der Waals surface area contributed by atoms with E-state index in [2.05, 4.69) is 20.5 Å². The number of nitrogens with one attached hydrogen (secondary N) is 1. The van der Waals surface area contributed by atoms with Gasteiger partial charge in [-0.15, -0.1) is 0 Å². The number of benzene rings is 2. The highest BCUT2D eigenvalue weighted by atomic mass is 35.5. The van der Waals surface area contributed by atoms with Gasteiger partial charge in [0, 0.05) is 22.9 Å². The first-order valence-electron chi connectivity index (χ1n) is 11.7. The molecule has 0 atom stereocenters. The van der Waals surface area contributed by atoms with Gasteiger partial charge in [0.1, 0.15) is 6.54 Å². The number of rotatable bonds is 7. The van der Waals surface area contributed by atoms with Gasteiger partial charge in [0.05, 0.1) is 33.4 Å². The van der Waals surface area contributed by atoms with E-state index in [1.54, 1.807) is 41.9 Å². The van der Waals surface area contributed by atoms with Crippen LogP contribution in [-0.2, 0) is 17.9 Å². The summed E-state index contributed by atoms with van der Waals surface area (Å²) in [6.45, 7) is 3.70. The second-order valence-corrected chi connectivity index (χ2v) is 9.64. The number of nitrogens with zero attached hydrogens (tertiary/aromatic N) is 5. The number of carbonyl (C=O) groups is 1. The smallest absolute Gasteiger partial charge is 0.264 e. The van der Waals surface area contributed by atoms with E-state index in [-0.39, 0.29) is 23.1 Å². The fourth-order valence-electron chi connectivity index (χ4n) is 4.29. The molecule has 0 radical (unpaired) electrons. The summed E-state index contributed by atoms with van der Waals surface area (Å²) in [5.41, 5.74) is 3.21. The molecule has 11 heteroatoms. The number of fused-ring (bicyclic) bond motifs is 1. The van der Waals surface area contributed by atoms with Crippen molar-refractivity contribution < 1.29 is 13.6 Å². The standard InChI is InChI=1S/C27H22Cl2F2N6O/c1-15-10-23(35-36(15)13-17-8-9-20(28)21(29)11-17)33-24(38)14-37-27-25(16(2)34-37)19(26(30)31)12-22(32-27)18-6-4-3-5-7-18/h3-12,26H,13-14H2,1-2H3,(H,33,35,38). The number of alkyl halides is 2. The van der Waals surface area contributed by atoms with Gasteiger partial charge in [-0.2, -0.15) is 10.2 Å². The third kappa shape index (κ3) is 5.25. The number of pyridine rings is 1. The molecule has 0 fully saturated rings. The zero-order valence-corrected chi connectivity index (χ0v) is 21.9. The molecule has 7 nitrogen and oxygen atoms in total. The Bertz CT molecular complexity index is 1650. The predicted octanol–water partition coefficient (Wildman–Crippen LogP) is 6.84. The van der Waals surface area contributed by atoms with E-state index in [4.69, 9.17) is 23.2 Å². The van der Waals surface area contributed by atoms with E-state index < -0.39 is 12.3 Å². The summed E-state index contributed by atoms with van der Waals surface area (Å²) in [4.78, 5) is 17.5. The molecular weight excluding hydrogens is 533 g/mol. The summed E-state index contributed by atoms with van der Waals surface area (Å²) in [5, 5.41) is 12.7. The second-order valence-electron chi connectivity index (χ2n) is 8.83. The maximum atomic E-state index is 14.0. The SMILES string of the molecule is Cc1nn(CC(=O)Nc2cc(C)n(Cc3ccc(Cl)c(Cl)c3)n2)c2nc(-c3ccccc3)cc(C(F)F)c12. The van der Waals surface area contributed by atoms with E-state index >= 15 is 0 Å². The minimum Gasteiger partial charge on any atom is -0.308 e. The number of aromatic nitrogens is 5. The predicted molar refractivity (Wildman–Crippen MR) is 144 cm³/mol. The monoisotopic (exact) mass is 554 g/mol. The molecule has 0 saturated carbocycles. The van der Waals surface area contributed by atoms with Gasteiger partial charge in [0.2, 0.25) is 5.91 Å². The number of carbonyl (C=O) groups excluding carboxylic acids is 1. The van der Waals surface area contributed by atoms with Crippen LogP contribution in [0.4, 0.5) is 14.6 Å². The van der Waals surface area contributed by atoms with E-state index in [0.29, 0.717) is 39.4 Å². The van der Waals surface area contributed by atoms with Crippen molar-refractivity contribution in [1.29, 1.82) is 0 Å². The summed E-state index contributed by atoms with van der Waals surface area (Å²) in [5.74, 6) is -0.0638. The number of hydrogen-bond donors (Lipinski definition) is 1. The molecule has 1 amide bonds. The number of halogens is 4. The zero-order valence-electron chi connectivity index (χ0n) is 20.4. The quantitative estimate of drug-likeness (QED) is 0.239. The lowest BCUT2D eigenvalue weighted by Crippen LogP contribution is -2.20. The first-order chi connectivity index (χ1) is 18.2. The van der Waals surface area contributed by atoms with Crippen LogP contribution in [0.1, 0.15) is 28.9 Å². The Hall–Kier alpha value is -3.82. The number of hydrogen-bond acceptors (Lipinski definition) is 4. The summed E-state index contributed by atoms with van der Waals surface area (Å²) < 4.78 is 31.1. The van der Waals surface area contributed by atoms with E-state index in [1.807, 2.05) is 31.2 Å². The van der Waals surface area contributed by atoms with Crippen LogP contribution in [0.2, 0.25) is 10.0 Å². The summed E-state index contributed by atoms with van der Waals surface area (Å²) in [6, 6.07) is 17.5. The van der Waals surface area contributed by atoms with Crippen molar-refractivity contribution in [2.24, 2.45) is 0 Å². The lowest BCUT2D eigenvalue weighted by molar-refractivity contribution is -0.116. The number of aryl methyl sites for hydroxylation is 2. The van der Waals surface area contributed by atoms with Gasteiger partial charge in [0.15, 0.2) is 11.5 Å². The van der Waals surface area contributed by atoms with E-state index in [9.17, 15) is 13.6 Å². The zero-order chi connectivity index (χ0) is 27.0. The molecule has 0 aliphatic rings. The number of anilines is 1. The molecule has 194 valence electrons. The average molecular weight is 555 g/mol. The Balaban J connectivity index is 1.40. The van der Waals surface area contributed by atoms with Crippen molar-refractivity contribution in [3.05, 3.63) is 93.2 Å². The van der Waals surface area contributed by atoms with Crippen LogP contribution < -0.4 is 5.32 Å². The molecule has 0 aliphatic carbocycles. The van der Waals surface area contributed by atoms with Crippen molar-refractivity contribution >= 4 is 46.0 Å². The Morgan fingerprint density at radius 1 is 0.974 bits per heavy atom. The van der Waals surface area contributed by atoms with Crippen LogP contribution in [0.3, 0.4) is 0 Å². The molecule has 0 unspecified atom stereocenters. The highest BCUT2D eigenvalue weighted by Gasteiger charge is 2.22. The van der Waals surface area contributed by atoms with Crippen LogP contribution in [0, 0.1) is 13.8 Å². The maximum absolute atomic E-state index is 14.0. The Labute approximate surface area is 227 Å². The largest absolute Gasteiger partial charge is 0.308 e. The van der Waals surface area contributed by atoms with Gasteiger partial charge in [-0.25, -0.2) is 18.4 Å². The maximum Gasteiger partial charge on any atom is 0.264 e.